The van der Waals surface area contributed by atoms with Gasteiger partial charge in [0.25, 0.3) is 0 Å². The molecule has 0 saturated carbocycles. The van der Waals surface area contributed by atoms with Gasteiger partial charge in [0.15, 0.2) is 0 Å². The smallest absolute Gasteiger partial charge is 0.137 e. The van der Waals surface area contributed by atoms with Crippen LogP contribution < -0.4 is 4.74 Å². The van der Waals surface area contributed by atoms with Crippen molar-refractivity contribution in [3.63, 3.8) is 0 Å². The molecule has 0 aromatic heterocycles. The largest absolute Gasteiger partial charge is 0.633 e. The molecule has 0 unspecified atom stereocenters. The number of hydrogen-bond donors (Lipinski definition) is 0. The van der Waals surface area contributed by atoms with Crippen LogP contribution in [0.3, 0.4) is 0 Å². The molecule has 0 N–H and O–H groups in total. The minimum absolute atomic E-state index is 0.0551. The predicted molar refractivity (Wildman–Crippen MR) is 126 cm³/mol. The second-order valence-electron chi connectivity index (χ2n) is 6.84. The molecule has 3 aromatic rings. The Labute approximate surface area is 191 Å². The van der Waals surface area contributed by atoms with Gasteiger partial charge in [0.1, 0.15) is 18.9 Å². The zero-order valence-corrected chi connectivity index (χ0v) is 17.9. The van der Waals surface area contributed by atoms with E-state index in [4.69, 9.17) is 23.2 Å². The van der Waals surface area contributed by atoms with Crippen LogP contribution >= 0.6 is 11.6 Å². The number of hydrogen-bond acceptors (Lipinski definition) is 2. The van der Waals surface area contributed by atoms with Gasteiger partial charge in [-0.3, -0.25) is 0 Å². The highest BCUT2D eigenvalue weighted by Gasteiger charge is 2.14. The molecule has 3 nitrogen and oxygen atoms in total. The Kier molecular flexibility index (Phi) is 5.62. The van der Waals surface area contributed by atoms with Crippen LogP contribution in [0.25, 0.3) is 10.6 Å². The number of ether oxygens (including phenoxy) is 1. The summed E-state index contributed by atoms with van der Waals surface area (Å²) < 4.78 is 46.0. The molecule has 3 aromatic carbocycles. The van der Waals surface area contributed by atoms with Crippen molar-refractivity contribution in [1.29, 1.82) is 0 Å². The number of nitrogens with zero attached hydrogens (tertiary/aromatic N) is 1. The average molecular weight is 427 g/mol. The lowest BCUT2D eigenvalue weighted by Crippen LogP contribution is -2.44. The molecule has 3 rings (SSSR count). The zero-order valence-electron chi connectivity index (χ0n) is 22.2. The van der Waals surface area contributed by atoms with Crippen LogP contribution in [0.4, 0.5) is 0 Å². The van der Waals surface area contributed by atoms with Crippen molar-refractivity contribution >= 4 is 22.2 Å². The van der Waals surface area contributed by atoms with Crippen LogP contribution in [-0.4, -0.2) is 30.9 Å². The van der Waals surface area contributed by atoms with Gasteiger partial charge in [0.05, 0.1) is 25.0 Å². The van der Waals surface area contributed by atoms with Crippen LogP contribution in [0.15, 0.2) is 84.8 Å². The molecule has 0 saturated heterocycles. The Balaban J connectivity index is 2.04. The number of halogens is 1. The predicted octanol–water partition coefficient (Wildman–Crippen LogP) is 6.58. The summed E-state index contributed by atoms with van der Waals surface area (Å²) in [5.74, 6) is 0.596. The SMILES string of the molecule is [2H]c1c([2H])c([2H])c(C(Cl)=C(c2ccccc2)c2ccc(OCC[N+]([O-])(CC)CC)cc2)c([2H])c1[2H]. The summed E-state index contributed by atoms with van der Waals surface area (Å²) in [5, 5.41) is 12.5. The molecule has 4 heteroatoms. The van der Waals surface area contributed by atoms with Crippen molar-refractivity contribution in [2.75, 3.05) is 26.2 Å². The van der Waals surface area contributed by atoms with Gasteiger partial charge in [0, 0.05) is 5.57 Å². The fraction of sp³-hybridized carbons (Fsp3) is 0.231. The van der Waals surface area contributed by atoms with Gasteiger partial charge in [-0.1, -0.05) is 84.3 Å². The highest BCUT2D eigenvalue weighted by Crippen LogP contribution is 2.35. The normalized spacial score (nSPS) is 14.7. The summed E-state index contributed by atoms with van der Waals surface area (Å²) in [7, 11) is 0. The van der Waals surface area contributed by atoms with Crippen molar-refractivity contribution in [3.8, 4) is 5.75 Å². The van der Waals surface area contributed by atoms with E-state index < -0.39 is 18.1 Å². The first-order chi connectivity index (χ1) is 16.6. The van der Waals surface area contributed by atoms with E-state index in [1.165, 1.54) is 0 Å². The van der Waals surface area contributed by atoms with E-state index in [9.17, 15) is 5.21 Å². The van der Waals surface area contributed by atoms with Crippen molar-refractivity contribution in [2.24, 2.45) is 0 Å². The first kappa shape index (κ1) is 16.1. The summed E-state index contributed by atoms with van der Waals surface area (Å²) in [6.07, 6.45) is 0. The van der Waals surface area contributed by atoms with Gasteiger partial charge in [-0.25, -0.2) is 0 Å². The van der Waals surface area contributed by atoms with Crippen LogP contribution in [0.5, 0.6) is 5.75 Å². The number of quaternary nitrogens is 1. The minimum atomic E-state index is -0.470. The fourth-order valence-electron chi connectivity index (χ4n) is 3.10. The molecule has 0 fully saturated rings. The van der Waals surface area contributed by atoms with Crippen molar-refractivity contribution in [1.82, 2.24) is 0 Å². The van der Waals surface area contributed by atoms with Gasteiger partial charge in [-0.05, 0) is 42.7 Å². The highest BCUT2D eigenvalue weighted by molar-refractivity contribution is 6.53. The molecule has 0 bridgehead atoms. The monoisotopic (exact) mass is 426 g/mol. The molecular formula is C26H28ClNO2. The maximum Gasteiger partial charge on any atom is 0.137 e. The van der Waals surface area contributed by atoms with E-state index in [-0.39, 0.29) is 33.9 Å². The first-order valence-corrected chi connectivity index (χ1v) is 10.3. The Hall–Kier alpha value is -2.59. The van der Waals surface area contributed by atoms with Gasteiger partial charge < -0.3 is 14.6 Å². The average Bonchev–Trinajstić information content (AvgIpc) is 2.88. The molecule has 0 aliphatic rings. The number of likely N-dealkylation sites (N-methyl/N-ethyl adjacent to an activating group) is 1. The van der Waals surface area contributed by atoms with Crippen molar-refractivity contribution < 1.29 is 16.2 Å². The summed E-state index contributed by atoms with van der Waals surface area (Å²) in [6.45, 7) is 5.34. The maximum atomic E-state index is 12.4. The third-order valence-electron chi connectivity index (χ3n) is 5.06. The van der Waals surface area contributed by atoms with Crippen molar-refractivity contribution in [2.45, 2.75) is 13.8 Å². The van der Waals surface area contributed by atoms with Gasteiger partial charge in [0.2, 0.25) is 0 Å². The fourth-order valence-corrected chi connectivity index (χ4v) is 3.41. The Morgan fingerprint density at radius 1 is 0.900 bits per heavy atom. The van der Waals surface area contributed by atoms with E-state index in [1.54, 1.807) is 24.3 Å². The highest BCUT2D eigenvalue weighted by atomic mass is 35.5. The maximum absolute atomic E-state index is 12.4. The molecule has 156 valence electrons. The summed E-state index contributed by atoms with van der Waals surface area (Å²) >= 11 is 6.80. The van der Waals surface area contributed by atoms with E-state index in [1.807, 2.05) is 44.2 Å². The quantitative estimate of drug-likeness (QED) is 0.220. The first-order valence-electron chi connectivity index (χ1n) is 12.5. The lowest BCUT2D eigenvalue weighted by Gasteiger charge is -2.40. The summed E-state index contributed by atoms with van der Waals surface area (Å²) in [4.78, 5) is 0. The van der Waals surface area contributed by atoms with Gasteiger partial charge in [-0.2, -0.15) is 0 Å². The summed E-state index contributed by atoms with van der Waals surface area (Å²) in [6, 6.07) is 14.3. The third kappa shape index (κ3) is 5.51. The molecule has 0 aliphatic carbocycles. The van der Waals surface area contributed by atoms with E-state index in [0.29, 0.717) is 36.5 Å². The van der Waals surface area contributed by atoms with Crippen LogP contribution in [0.1, 0.15) is 37.4 Å². The molecule has 0 amide bonds. The molecule has 0 atom stereocenters. The zero-order chi connectivity index (χ0) is 25.8. The van der Waals surface area contributed by atoms with Crippen LogP contribution in [0.2, 0.25) is 0 Å². The second-order valence-corrected chi connectivity index (χ2v) is 7.22. The molecule has 0 heterocycles. The summed E-state index contributed by atoms with van der Waals surface area (Å²) in [5.41, 5.74) is 1.90. The number of hydroxylamine groups is 3. The number of benzene rings is 3. The van der Waals surface area contributed by atoms with E-state index in [0.717, 1.165) is 5.56 Å². The van der Waals surface area contributed by atoms with Gasteiger partial charge in [-0.15, -0.1) is 0 Å². The number of rotatable bonds is 9. The Morgan fingerprint density at radius 2 is 1.50 bits per heavy atom. The van der Waals surface area contributed by atoms with E-state index >= 15 is 0 Å². The minimum Gasteiger partial charge on any atom is -0.633 e. The second kappa shape index (κ2) is 10.4. The molecule has 0 aliphatic heterocycles. The lowest BCUT2D eigenvalue weighted by atomic mass is 9.95. The topological polar surface area (TPSA) is 32.3 Å². The van der Waals surface area contributed by atoms with Crippen LogP contribution in [0, 0.1) is 5.21 Å². The third-order valence-corrected chi connectivity index (χ3v) is 5.44. The molecule has 0 radical (unpaired) electrons. The Bertz CT molecular complexity index is 1180. The molecular weight excluding hydrogens is 394 g/mol. The molecule has 0 spiro atoms. The Morgan fingerprint density at radius 3 is 2.10 bits per heavy atom. The standard InChI is InChI=1S/C26H28ClNO2/c1-3-28(29,4-2)19-20-30-24-17-15-22(16-18-24)25(21-11-7-5-8-12-21)26(27)23-13-9-6-10-14-23/h5-18H,3-4,19-20H2,1-2H3/i6D,9D,10D,13D,14D. The van der Waals surface area contributed by atoms with Crippen molar-refractivity contribution in [3.05, 3.63) is 107 Å². The van der Waals surface area contributed by atoms with Crippen LogP contribution in [-0.2, 0) is 0 Å². The van der Waals surface area contributed by atoms with Gasteiger partial charge >= 0.3 is 0 Å². The lowest BCUT2D eigenvalue weighted by molar-refractivity contribution is -0.877. The van der Waals surface area contributed by atoms with E-state index in [2.05, 4.69) is 0 Å². The molecule has 30 heavy (non-hydrogen) atoms.